The first kappa shape index (κ1) is 20.0. The molecule has 10 heteroatoms. The number of benzene rings is 1. The van der Waals surface area contributed by atoms with Crippen LogP contribution in [0, 0.1) is 0 Å². The van der Waals surface area contributed by atoms with E-state index in [2.05, 4.69) is 21.3 Å². The molecule has 29 heavy (non-hydrogen) atoms. The molecule has 3 aromatic rings. The Hall–Kier alpha value is -3.79. The van der Waals surface area contributed by atoms with E-state index in [-0.39, 0.29) is 11.4 Å². The molecular weight excluding hydrogens is 378 g/mol. The summed E-state index contributed by atoms with van der Waals surface area (Å²) in [5.74, 6) is -0.312. The molecule has 0 radical (unpaired) electrons. The predicted octanol–water partition coefficient (Wildman–Crippen LogP) is 1.72. The fourth-order valence-corrected chi connectivity index (χ4v) is 2.40. The Bertz CT molecular complexity index is 924. The third-order valence-corrected chi connectivity index (χ3v) is 3.80. The molecule has 0 aliphatic heterocycles. The fourth-order valence-electron chi connectivity index (χ4n) is 2.40. The highest BCUT2D eigenvalue weighted by Crippen LogP contribution is 2.17. The second-order valence-electron chi connectivity index (χ2n) is 5.96. The van der Waals surface area contributed by atoms with Crippen LogP contribution >= 0.6 is 0 Å². The lowest BCUT2D eigenvalue weighted by molar-refractivity contribution is 0.0927. The summed E-state index contributed by atoms with van der Waals surface area (Å²) in [4.78, 5) is 23.9. The maximum atomic E-state index is 12.1. The van der Waals surface area contributed by atoms with Gasteiger partial charge in [0.05, 0.1) is 18.1 Å². The van der Waals surface area contributed by atoms with Crippen LogP contribution in [0.15, 0.2) is 59.3 Å². The topological polar surface area (TPSA) is 131 Å². The summed E-state index contributed by atoms with van der Waals surface area (Å²) in [7, 11) is 0. The van der Waals surface area contributed by atoms with Gasteiger partial charge in [-0.1, -0.05) is 18.2 Å². The van der Waals surface area contributed by atoms with Crippen LogP contribution < -0.4 is 16.2 Å². The first-order chi connectivity index (χ1) is 14.1. The average Bonchev–Trinajstić information content (AvgIpc) is 3.39. The minimum Gasteiger partial charge on any atom is -0.504 e. The molecular formula is C19H21N5O5. The molecule has 0 saturated carbocycles. The molecule has 2 aromatic heterocycles. The molecule has 0 aliphatic carbocycles. The minimum atomic E-state index is -0.742. The Labute approximate surface area is 166 Å². The Morgan fingerprint density at radius 1 is 1.14 bits per heavy atom. The van der Waals surface area contributed by atoms with Gasteiger partial charge in [-0.25, -0.2) is 14.9 Å². The maximum absolute atomic E-state index is 12.1. The van der Waals surface area contributed by atoms with Crippen LogP contribution in [0.3, 0.4) is 0 Å². The summed E-state index contributed by atoms with van der Waals surface area (Å²) < 4.78 is 11.9. The van der Waals surface area contributed by atoms with E-state index < -0.39 is 11.9 Å². The molecule has 10 nitrogen and oxygen atoms in total. The summed E-state index contributed by atoms with van der Waals surface area (Å²) in [6, 6.07) is 12.0. The summed E-state index contributed by atoms with van der Waals surface area (Å²) >= 11 is 0. The van der Waals surface area contributed by atoms with Crippen molar-refractivity contribution in [2.45, 2.75) is 13.0 Å². The van der Waals surface area contributed by atoms with Crippen LogP contribution in [0.2, 0.25) is 0 Å². The van der Waals surface area contributed by atoms with Gasteiger partial charge in [0.25, 0.3) is 5.91 Å². The van der Waals surface area contributed by atoms with E-state index >= 15 is 0 Å². The third kappa shape index (κ3) is 5.84. The number of urea groups is 1. The number of aromatic nitrogens is 2. The molecule has 1 aromatic carbocycles. The molecule has 0 atom stereocenters. The number of rotatable bonds is 8. The molecule has 152 valence electrons. The number of para-hydroxylation sites is 1. The normalized spacial score (nSPS) is 10.5. The van der Waals surface area contributed by atoms with Crippen molar-refractivity contribution in [1.82, 2.24) is 25.9 Å². The van der Waals surface area contributed by atoms with E-state index in [4.69, 9.17) is 9.15 Å². The first-order valence-electron chi connectivity index (χ1n) is 8.92. The highest BCUT2D eigenvalue weighted by Gasteiger charge is 2.17. The second kappa shape index (κ2) is 9.95. The number of nitrogens with zero attached hydrogens (tertiary/aromatic N) is 2. The van der Waals surface area contributed by atoms with Gasteiger partial charge in [-0.3, -0.25) is 10.2 Å². The van der Waals surface area contributed by atoms with Crippen molar-refractivity contribution in [2.75, 3.05) is 13.2 Å². The second-order valence-corrected chi connectivity index (χ2v) is 5.96. The Kier molecular flexibility index (Phi) is 6.85. The van der Waals surface area contributed by atoms with Gasteiger partial charge >= 0.3 is 6.03 Å². The van der Waals surface area contributed by atoms with E-state index in [0.717, 1.165) is 5.76 Å². The van der Waals surface area contributed by atoms with Crippen molar-refractivity contribution in [3.8, 4) is 11.4 Å². The quantitative estimate of drug-likeness (QED) is 0.337. The lowest BCUT2D eigenvalue weighted by Crippen LogP contribution is -2.47. The van der Waals surface area contributed by atoms with Crippen molar-refractivity contribution in [1.29, 1.82) is 0 Å². The third-order valence-electron chi connectivity index (χ3n) is 3.80. The Morgan fingerprint density at radius 3 is 2.72 bits per heavy atom. The van der Waals surface area contributed by atoms with Crippen molar-refractivity contribution >= 4 is 11.9 Å². The zero-order valence-electron chi connectivity index (χ0n) is 15.5. The number of hydrogen-bond acceptors (Lipinski definition) is 6. The highest BCUT2D eigenvalue weighted by molar-refractivity contribution is 5.95. The first-order valence-corrected chi connectivity index (χ1v) is 8.92. The van der Waals surface area contributed by atoms with Crippen molar-refractivity contribution < 1.29 is 23.8 Å². The summed E-state index contributed by atoms with van der Waals surface area (Å²) in [5, 5.41) is 16.5. The molecule has 3 amide bonds. The molecule has 0 aliphatic rings. The molecule has 3 rings (SSSR count). The number of nitrogens with one attached hydrogen (secondary N) is 3. The molecule has 0 saturated heterocycles. The highest BCUT2D eigenvalue weighted by atomic mass is 16.5. The number of furan rings is 1. The van der Waals surface area contributed by atoms with Gasteiger partial charge in [0, 0.05) is 13.2 Å². The molecule has 4 N–H and O–H groups in total. The SMILES string of the molecule is O=C(NCCCOCc1ccco1)NNC(=O)c1nn(-c2ccccc2)cc1O. The van der Waals surface area contributed by atoms with Gasteiger partial charge in [0.1, 0.15) is 12.4 Å². The number of aromatic hydroxyl groups is 1. The van der Waals surface area contributed by atoms with Gasteiger partial charge in [0.2, 0.25) is 0 Å². The molecule has 0 fully saturated rings. The van der Waals surface area contributed by atoms with E-state index in [0.29, 0.717) is 31.9 Å². The van der Waals surface area contributed by atoms with Gasteiger partial charge < -0.3 is 19.6 Å². The van der Waals surface area contributed by atoms with E-state index in [1.807, 2.05) is 24.3 Å². The fraction of sp³-hybridized carbons (Fsp3) is 0.211. The summed E-state index contributed by atoms with van der Waals surface area (Å²) in [6.07, 6.45) is 3.47. The number of carbonyl (C=O) groups excluding carboxylic acids is 2. The zero-order valence-corrected chi connectivity index (χ0v) is 15.5. The minimum absolute atomic E-state index is 0.208. The standard InChI is InChI=1S/C19H21N5O5/c25-16-12-24(14-6-2-1-3-7-14)23-17(16)18(26)21-22-19(27)20-9-5-10-28-13-15-8-4-11-29-15/h1-4,6-8,11-12,25H,5,9-10,13H2,(H,21,26)(H2,20,22,27). The predicted molar refractivity (Wildman–Crippen MR) is 102 cm³/mol. The van der Waals surface area contributed by atoms with Gasteiger partial charge in [0.15, 0.2) is 11.4 Å². The Morgan fingerprint density at radius 2 is 1.97 bits per heavy atom. The number of hydrogen-bond donors (Lipinski definition) is 4. The average molecular weight is 399 g/mol. The van der Waals surface area contributed by atoms with E-state index in [1.165, 1.54) is 10.9 Å². The number of ether oxygens (including phenoxy) is 1. The smallest absolute Gasteiger partial charge is 0.333 e. The number of amides is 3. The van der Waals surface area contributed by atoms with Gasteiger partial charge in [-0.15, -0.1) is 0 Å². The summed E-state index contributed by atoms with van der Waals surface area (Å²) in [6.45, 7) is 1.17. The van der Waals surface area contributed by atoms with Crippen molar-refractivity contribution in [3.05, 3.63) is 66.4 Å². The van der Waals surface area contributed by atoms with Crippen LogP contribution in [0.25, 0.3) is 5.69 Å². The Balaban J connectivity index is 1.35. The molecule has 0 bridgehead atoms. The lowest BCUT2D eigenvalue weighted by atomic mass is 10.3. The van der Waals surface area contributed by atoms with Crippen LogP contribution in [0.5, 0.6) is 5.75 Å². The lowest BCUT2D eigenvalue weighted by Gasteiger charge is -2.08. The van der Waals surface area contributed by atoms with Gasteiger partial charge in [-0.05, 0) is 30.7 Å². The van der Waals surface area contributed by atoms with Crippen molar-refractivity contribution in [2.24, 2.45) is 0 Å². The van der Waals surface area contributed by atoms with Gasteiger partial charge in [-0.2, -0.15) is 5.10 Å². The largest absolute Gasteiger partial charge is 0.504 e. The van der Waals surface area contributed by atoms with Crippen LogP contribution in [0.1, 0.15) is 22.7 Å². The summed E-state index contributed by atoms with van der Waals surface area (Å²) in [5.41, 5.74) is 4.87. The van der Waals surface area contributed by atoms with Crippen LogP contribution in [-0.2, 0) is 11.3 Å². The molecule has 0 unspecified atom stereocenters. The van der Waals surface area contributed by atoms with Crippen molar-refractivity contribution in [3.63, 3.8) is 0 Å². The molecule has 2 heterocycles. The number of hydrazine groups is 1. The maximum Gasteiger partial charge on any atom is 0.333 e. The van der Waals surface area contributed by atoms with Crippen LogP contribution in [-0.4, -0.2) is 40.0 Å². The van der Waals surface area contributed by atoms with E-state index in [9.17, 15) is 14.7 Å². The zero-order chi connectivity index (χ0) is 20.5. The van der Waals surface area contributed by atoms with Crippen LogP contribution in [0.4, 0.5) is 4.79 Å². The molecule has 0 spiro atoms. The number of carbonyl (C=O) groups is 2. The van der Waals surface area contributed by atoms with E-state index in [1.54, 1.807) is 24.5 Å². The monoisotopic (exact) mass is 399 g/mol.